The zero-order valence-corrected chi connectivity index (χ0v) is 12.4. The van der Waals surface area contributed by atoms with Crippen molar-refractivity contribution in [1.29, 1.82) is 5.26 Å². The van der Waals surface area contributed by atoms with Crippen LogP contribution in [0.4, 0.5) is 5.69 Å². The number of hydrogen-bond donors (Lipinski definition) is 0. The van der Waals surface area contributed by atoms with E-state index in [2.05, 4.69) is 11.2 Å². The van der Waals surface area contributed by atoms with E-state index < -0.39 is 5.41 Å². The predicted molar refractivity (Wildman–Crippen MR) is 90.3 cm³/mol. The van der Waals surface area contributed by atoms with Crippen molar-refractivity contribution in [2.45, 2.75) is 5.41 Å². The molecule has 0 fully saturated rings. The number of hydrogen-bond acceptors (Lipinski definition) is 3. The van der Waals surface area contributed by atoms with E-state index in [4.69, 9.17) is 0 Å². The van der Waals surface area contributed by atoms with Gasteiger partial charge in [0.1, 0.15) is 11.1 Å². The molecule has 3 rings (SSSR count). The molecule has 0 aliphatic heterocycles. The van der Waals surface area contributed by atoms with Gasteiger partial charge in [-0.1, -0.05) is 72.8 Å². The van der Waals surface area contributed by atoms with E-state index in [1.807, 2.05) is 60.7 Å². The quantitative estimate of drug-likeness (QED) is 0.506. The Bertz CT molecular complexity index is 795. The lowest BCUT2D eigenvalue weighted by molar-refractivity contribution is 0.795. The maximum atomic E-state index is 10.7. The van der Waals surface area contributed by atoms with Crippen LogP contribution in [0, 0.1) is 16.2 Å². The summed E-state index contributed by atoms with van der Waals surface area (Å²) < 4.78 is 0. The second-order valence-corrected chi connectivity index (χ2v) is 5.23. The highest BCUT2D eigenvalue weighted by atomic mass is 16.3. The zero-order valence-electron chi connectivity index (χ0n) is 12.4. The van der Waals surface area contributed by atoms with E-state index in [1.54, 1.807) is 24.3 Å². The maximum Gasteiger partial charge on any atom is 0.132 e. The summed E-state index contributed by atoms with van der Waals surface area (Å²) in [6.07, 6.45) is 0. The molecule has 3 aromatic rings. The van der Waals surface area contributed by atoms with Gasteiger partial charge < -0.3 is 0 Å². The molecule has 0 aromatic heterocycles. The number of nitriles is 1. The van der Waals surface area contributed by atoms with E-state index in [-0.39, 0.29) is 0 Å². The molecule has 3 heteroatoms. The molecule has 0 saturated heterocycles. The minimum atomic E-state index is -0.927. The van der Waals surface area contributed by atoms with Crippen molar-refractivity contribution in [2.24, 2.45) is 5.18 Å². The van der Waals surface area contributed by atoms with Gasteiger partial charge in [0.25, 0.3) is 0 Å². The highest BCUT2D eigenvalue weighted by molar-refractivity contribution is 5.57. The minimum absolute atomic E-state index is 0.349. The van der Waals surface area contributed by atoms with E-state index in [0.29, 0.717) is 5.69 Å². The molecule has 3 nitrogen and oxygen atoms in total. The van der Waals surface area contributed by atoms with E-state index in [0.717, 1.165) is 16.7 Å². The fourth-order valence-corrected chi connectivity index (χ4v) is 2.84. The summed E-state index contributed by atoms with van der Waals surface area (Å²) in [7, 11) is 0. The summed E-state index contributed by atoms with van der Waals surface area (Å²) >= 11 is 0. The molecule has 0 spiro atoms. The third-order valence-electron chi connectivity index (χ3n) is 3.99. The van der Waals surface area contributed by atoms with E-state index >= 15 is 0 Å². The Morgan fingerprint density at radius 1 is 0.696 bits per heavy atom. The van der Waals surface area contributed by atoms with Crippen molar-refractivity contribution < 1.29 is 0 Å². The monoisotopic (exact) mass is 298 g/mol. The van der Waals surface area contributed by atoms with Crippen molar-refractivity contribution in [1.82, 2.24) is 0 Å². The molecular formula is C20H14N2O. The molecule has 0 amide bonds. The van der Waals surface area contributed by atoms with Crippen molar-refractivity contribution in [3.8, 4) is 6.07 Å². The van der Waals surface area contributed by atoms with Crippen LogP contribution in [0.2, 0.25) is 0 Å². The largest absolute Gasteiger partial charge is 0.197 e. The Hall–Kier alpha value is -3.25. The molecule has 110 valence electrons. The Balaban J connectivity index is 2.29. The first kappa shape index (κ1) is 14.7. The van der Waals surface area contributed by atoms with Crippen molar-refractivity contribution in [3.05, 3.63) is 107 Å². The summed E-state index contributed by atoms with van der Waals surface area (Å²) in [5.74, 6) is 0. The molecule has 23 heavy (non-hydrogen) atoms. The molecule has 0 aliphatic rings. The predicted octanol–water partition coefficient (Wildman–Crippen LogP) is 4.94. The van der Waals surface area contributed by atoms with Crippen LogP contribution < -0.4 is 0 Å². The first-order chi connectivity index (χ1) is 11.3. The Morgan fingerprint density at radius 3 is 1.52 bits per heavy atom. The molecule has 0 radical (unpaired) electrons. The average molecular weight is 298 g/mol. The molecule has 0 N–H and O–H groups in total. The smallest absolute Gasteiger partial charge is 0.132 e. The van der Waals surface area contributed by atoms with Crippen LogP contribution in [0.3, 0.4) is 0 Å². The van der Waals surface area contributed by atoms with Crippen molar-refractivity contribution in [2.75, 3.05) is 0 Å². The van der Waals surface area contributed by atoms with Crippen LogP contribution in [0.15, 0.2) is 90.1 Å². The van der Waals surface area contributed by atoms with Gasteiger partial charge in [-0.25, -0.2) is 0 Å². The number of nitroso groups, excluding NO2 is 1. The van der Waals surface area contributed by atoms with Gasteiger partial charge in [0, 0.05) is 0 Å². The van der Waals surface area contributed by atoms with Gasteiger partial charge in [-0.2, -0.15) is 5.26 Å². The molecule has 0 unspecified atom stereocenters. The molecule has 0 saturated carbocycles. The standard InChI is InChI=1S/C20H14N2O/c21-15-20(16-7-3-1-4-8-16,17-9-5-2-6-10-17)18-11-13-19(22-23)14-12-18/h1-14H. The first-order valence-corrected chi connectivity index (χ1v) is 7.27. The van der Waals surface area contributed by atoms with E-state index in [9.17, 15) is 10.2 Å². The topological polar surface area (TPSA) is 53.2 Å². The lowest BCUT2D eigenvalue weighted by Crippen LogP contribution is -2.27. The Morgan fingerprint density at radius 2 is 1.13 bits per heavy atom. The molecule has 0 aliphatic carbocycles. The minimum Gasteiger partial charge on any atom is -0.197 e. The number of benzene rings is 3. The average Bonchev–Trinajstić information content (AvgIpc) is 2.65. The lowest BCUT2D eigenvalue weighted by Gasteiger charge is -2.28. The fraction of sp³-hybridized carbons (Fsp3) is 0.0500. The number of nitrogens with zero attached hydrogens (tertiary/aromatic N) is 2. The SMILES string of the molecule is N#CC(c1ccccc1)(c1ccccc1)c1ccc(N=O)cc1. The molecule has 0 atom stereocenters. The summed E-state index contributed by atoms with van der Waals surface area (Å²) in [4.78, 5) is 10.7. The summed E-state index contributed by atoms with van der Waals surface area (Å²) in [6.45, 7) is 0. The summed E-state index contributed by atoms with van der Waals surface area (Å²) in [5, 5.41) is 13.1. The highest BCUT2D eigenvalue weighted by Crippen LogP contribution is 2.39. The van der Waals surface area contributed by atoms with Crippen LogP contribution in [0.25, 0.3) is 0 Å². The highest BCUT2D eigenvalue weighted by Gasteiger charge is 2.36. The van der Waals surface area contributed by atoms with Gasteiger partial charge in [-0.15, -0.1) is 4.91 Å². The van der Waals surface area contributed by atoms with Crippen LogP contribution >= 0.6 is 0 Å². The Kier molecular flexibility index (Phi) is 3.99. The van der Waals surface area contributed by atoms with E-state index in [1.165, 1.54) is 0 Å². The van der Waals surface area contributed by atoms with Crippen LogP contribution in [-0.2, 0) is 5.41 Å². The van der Waals surface area contributed by atoms with Gasteiger partial charge in [0.2, 0.25) is 0 Å². The third kappa shape index (κ3) is 2.51. The van der Waals surface area contributed by atoms with Gasteiger partial charge in [0.05, 0.1) is 6.07 Å². The molecule has 3 aromatic carbocycles. The summed E-state index contributed by atoms with van der Waals surface area (Å²) in [6, 6.07) is 28.7. The lowest BCUT2D eigenvalue weighted by atomic mass is 9.70. The van der Waals surface area contributed by atoms with Crippen molar-refractivity contribution in [3.63, 3.8) is 0 Å². The van der Waals surface area contributed by atoms with Gasteiger partial charge in [-0.05, 0) is 34.0 Å². The maximum absolute atomic E-state index is 10.7. The fourth-order valence-electron chi connectivity index (χ4n) is 2.84. The van der Waals surface area contributed by atoms with Gasteiger partial charge >= 0.3 is 0 Å². The second-order valence-electron chi connectivity index (χ2n) is 5.23. The molecular weight excluding hydrogens is 284 g/mol. The normalized spacial score (nSPS) is 10.7. The molecule has 0 heterocycles. The second kappa shape index (κ2) is 6.25. The Labute approximate surface area is 134 Å². The number of rotatable bonds is 4. The van der Waals surface area contributed by atoms with Crippen molar-refractivity contribution >= 4 is 5.69 Å². The van der Waals surface area contributed by atoms with Crippen LogP contribution in [-0.4, -0.2) is 0 Å². The van der Waals surface area contributed by atoms with Gasteiger partial charge in [0.15, 0.2) is 0 Å². The van der Waals surface area contributed by atoms with Crippen LogP contribution in [0.1, 0.15) is 16.7 Å². The van der Waals surface area contributed by atoms with Crippen LogP contribution in [0.5, 0.6) is 0 Å². The summed E-state index contributed by atoms with van der Waals surface area (Å²) in [5.41, 5.74) is 2.01. The van der Waals surface area contributed by atoms with Gasteiger partial charge in [-0.3, -0.25) is 0 Å². The third-order valence-corrected chi connectivity index (χ3v) is 3.99. The first-order valence-electron chi connectivity index (χ1n) is 7.27. The molecule has 0 bridgehead atoms. The zero-order chi connectivity index (χ0) is 16.1.